The summed E-state index contributed by atoms with van der Waals surface area (Å²) in [6.07, 6.45) is 1.25. The van der Waals surface area contributed by atoms with Crippen LogP contribution in [-0.2, 0) is 9.53 Å². The third-order valence-corrected chi connectivity index (χ3v) is 3.11. The van der Waals surface area contributed by atoms with Crippen molar-refractivity contribution in [3.05, 3.63) is 44.5 Å². The molecule has 0 aromatic heterocycles. The molecule has 0 aliphatic heterocycles. The van der Waals surface area contributed by atoms with Gasteiger partial charge in [0.05, 0.1) is 12.2 Å². The molecule has 0 spiro atoms. The van der Waals surface area contributed by atoms with E-state index in [-0.39, 0.29) is 21.3 Å². The van der Waals surface area contributed by atoms with Gasteiger partial charge in [0.1, 0.15) is 17.2 Å². The molecule has 3 nitrogen and oxygen atoms in total. The van der Waals surface area contributed by atoms with E-state index in [9.17, 15) is 18.4 Å². The lowest BCUT2D eigenvalue weighted by molar-refractivity contribution is -0.138. The number of hydrogen-bond acceptors (Lipinski definition) is 3. The average Bonchev–Trinajstić information content (AvgIpc) is 2.34. The second kappa shape index (κ2) is 6.74. The number of hydrogen-bond donors (Lipinski definition) is 0. The second-order valence-corrected chi connectivity index (χ2v) is 4.66. The van der Waals surface area contributed by atoms with Gasteiger partial charge in [-0.25, -0.2) is 13.6 Å². The summed E-state index contributed by atoms with van der Waals surface area (Å²) in [6.45, 7) is 3.17. The Hall–Kier alpha value is -1.31. The first-order chi connectivity index (χ1) is 8.92. The van der Waals surface area contributed by atoms with Crippen LogP contribution in [-0.4, -0.2) is 18.4 Å². The molecule has 0 unspecified atom stereocenters. The van der Waals surface area contributed by atoms with Gasteiger partial charge in [0.15, 0.2) is 0 Å². The number of esters is 1. The minimum atomic E-state index is -1.01. The number of rotatable bonds is 4. The van der Waals surface area contributed by atoms with E-state index in [0.29, 0.717) is 6.07 Å². The third-order valence-electron chi connectivity index (χ3n) is 2.28. The van der Waals surface area contributed by atoms with Crippen molar-refractivity contribution in [1.29, 1.82) is 0 Å². The standard InChI is InChI=1S/C13H11F2IO3/c1-3-7(13(18)19-4-2)12(17)8-5-11(16)10(15)6-9(8)14/h3,5-6H,4H2,1-2H3. The molecule has 0 radical (unpaired) electrons. The molecule has 1 aromatic rings. The van der Waals surface area contributed by atoms with E-state index in [2.05, 4.69) is 0 Å². The Balaban J connectivity index is 3.19. The van der Waals surface area contributed by atoms with Gasteiger partial charge >= 0.3 is 5.97 Å². The van der Waals surface area contributed by atoms with Crippen molar-refractivity contribution < 1.29 is 23.1 Å². The van der Waals surface area contributed by atoms with E-state index in [1.165, 1.54) is 13.0 Å². The summed E-state index contributed by atoms with van der Waals surface area (Å²) in [6, 6.07) is 1.68. The highest BCUT2D eigenvalue weighted by Crippen LogP contribution is 2.20. The number of Topliss-reactive ketones (excluding diaryl/α,β-unsaturated/α-hetero) is 1. The first-order valence-electron chi connectivity index (χ1n) is 5.45. The topological polar surface area (TPSA) is 43.4 Å². The van der Waals surface area contributed by atoms with Crippen molar-refractivity contribution in [3.63, 3.8) is 0 Å². The molecule has 19 heavy (non-hydrogen) atoms. The summed E-state index contributed by atoms with van der Waals surface area (Å²) >= 11 is 1.64. The fraction of sp³-hybridized carbons (Fsp3) is 0.231. The van der Waals surface area contributed by atoms with Crippen molar-refractivity contribution in [1.82, 2.24) is 0 Å². The largest absolute Gasteiger partial charge is 0.462 e. The van der Waals surface area contributed by atoms with E-state index in [0.717, 1.165) is 6.07 Å². The summed E-state index contributed by atoms with van der Waals surface area (Å²) < 4.78 is 31.5. The Morgan fingerprint density at radius 1 is 1.32 bits per heavy atom. The van der Waals surface area contributed by atoms with Crippen LogP contribution in [0.15, 0.2) is 23.8 Å². The van der Waals surface area contributed by atoms with Crippen LogP contribution in [0.1, 0.15) is 24.2 Å². The first-order valence-corrected chi connectivity index (χ1v) is 6.52. The normalized spacial score (nSPS) is 11.3. The summed E-state index contributed by atoms with van der Waals surface area (Å²) in [7, 11) is 0. The molecule has 0 N–H and O–H groups in total. The highest BCUT2D eigenvalue weighted by molar-refractivity contribution is 14.1. The quantitative estimate of drug-likeness (QED) is 0.153. The van der Waals surface area contributed by atoms with Crippen LogP contribution in [0.25, 0.3) is 0 Å². The Bertz CT molecular complexity index is 553. The highest BCUT2D eigenvalue weighted by atomic mass is 127. The zero-order valence-corrected chi connectivity index (χ0v) is 12.5. The average molecular weight is 380 g/mol. The number of halogens is 3. The van der Waals surface area contributed by atoms with Crippen LogP contribution >= 0.6 is 22.6 Å². The molecule has 0 bridgehead atoms. The van der Waals surface area contributed by atoms with Gasteiger partial charge in [0.2, 0.25) is 5.78 Å². The summed E-state index contributed by atoms with van der Waals surface area (Å²) in [5.41, 5.74) is -0.630. The minimum Gasteiger partial charge on any atom is -0.462 e. The Morgan fingerprint density at radius 3 is 2.47 bits per heavy atom. The van der Waals surface area contributed by atoms with Gasteiger partial charge in [0.25, 0.3) is 0 Å². The van der Waals surface area contributed by atoms with Gasteiger partial charge in [-0.2, -0.15) is 0 Å². The Labute approximate surface area is 122 Å². The maximum absolute atomic E-state index is 13.6. The van der Waals surface area contributed by atoms with E-state index in [1.807, 2.05) is 0 Å². The van der Waals surface area contributed by atoms with Gasteiger partial charge in [-0.05, 0) is 42.5 Å². The Kier molecular flexibility index (Phi) is 5.59. The third kappa shape index (κ3) is 3.59. The summed E-state index contributed by atoms with van der Waals surface area (Å²) in [4.78, 5) is 23.6. The van der Waals surface area contributed by atoms with Crippen LogP contribution in [0.3, 0.4) is 0 Å². The van der Waals surface area contributed by atoms with Crippen LogP contribution in [0.2, 0.25) is 0 Å². The lowest BCUT2D eigenvalue weighted by Gasteiger charge is -2.07. The number of carbonyl (C=O) groups excluding carboxylic acids is 2. The van der Waals surface area contributed by atoms with Crippen molar-refractivity contribution in [2.45, 2.75) is 13.8 Å². The van der Waals surface area contributed by atoms with Crippen molar-refractivity contribution in [3.8, 4) is 0 Å². The molecule has 0 atom stereocenters. The fourth-order valence-electron chi connectivity index (χ4n) is 1.39. The van der Waals surface area contributed by atoms with E-state index in [4.69, 9.17) is 4.74 Å². The number of ether oxygens (including phenoxy) is 1. The Morgan fingerprint density at radius 2 is 1.95 bits per heavy atom. The van der Waals surface area contributed by atoms with Gasteiger partial charge in [-0.1, -0.05) is 6.08 Å². The van der Waals surface area contributed by atoms with Gasteiger partial charge in [-0.15, -0.1) is 0 Å². The van der Waals surface area contributed by atoms with E-state index >= 15 is 0 Å². The maximum atomic E-state index is 13.6. The lowest BCUT2D eigenvalue weighted by atomic mass is 10.0. The molecular formula is C13H11F2IO3. The maximum Gasteiger partial charge on any atom is 0.341 e. The molecule has 1 aromatic carbocycles. The minimum absolute atomic E-state index is 0.0988. The van der Waals surface area contributed by atoms with Crippen LogP contribution in [0.4, 0.5) is 8.78 Å². The van der Waals surface area contributed by atoms with Crippen molar-refractivity contribution in [2.24, 2.45) is 0 Å². The van der Waals surface area contributed by atoms with Crippen molar-refractivity contribution >= 4 is 34.3 Å². The molecule has 6 heteroatoms. The van der Waals surface area contributed by atoms with Gasteiger partial charge in [-0.3, -0.25) is 4.79 Å². The highest BCUT2D eigenvalue weighted by Gasteiger charge is 2.24. The molecule has 102 valence electrons. The monoisotopic (exact) mass is 380 g/mol. The molecule has 0 saturated heterocycles. The zero-order valence-electron chi connectivity index (χ0n) is 10.3. The molecule has 0 aliphatic carbocycles. The molecular weight excluding hydrogens is 369 g/mol. The number of ketones is 1. The molecule has 0 aliphatic rings. The number of allylic oxidation sites excluding steroid dienone is 1. The van der Waals surface area contributed by atoms with E-state index < -0.39 is 23.4 Å². The molecule has 1 rings (SSSR count). The second-order valence-electron chi connectivity index (χ2n) is 3.50. The predicted molar refractivity (Wildman–Crippen MR) is 73.8 cm³/mol. The smallest absolute Gasteiger partial charge is 0.341 e. The van der Waals surface area contributed by atoms with Crippen LogP contribution < -0.4 is 0 Å². The first kappa shape index (κ1) is 15.7. The van der Waals surface area contributed by atoms with Crippen LogP contribution in [0, 0.1) is 15.2 Å². The zero-order chi connectivity index (χ0) is 14.6. The molecule has 0 saturated carbocycles. The molecule has 0 fully saturated rings. The summed E-state index contributed by atoms with van der Waals surface area (Å²) in [5, 5.41) is 0. The van der Waals surface area contributed by atoms with Gasteiger partial charge < -0.3 is 4.74 Å². The van der Waals surface area contributed by atoms with Crippen molar-refractivity contribution in [2.75, 3.05) is 6.61 Å². The SMILES string of the molecule is CC=C(C(=O)OCC)C(=O)c1cc(I)c(F)cc1F. The van der Waals surface area contributed by atoms with Gasteiger partial charge in [0, 0.05) is 9.64 Å². The predicted octanol–water partition coefficient (Wildman–Crippen LogP) is 3.26. The van der Waals surface area contributed by atoms with Crippen LogP contribution in [0.5, 0.6) is 0 Å². The fourth-order valence-corrected chi connectivity index (χ4v) is 1.86. The molecule has 0 heterocycles. The number of carbonyl (C=O) groups is 2. The molecule has 0 amide bonds. The lowest BCUT2D eigenvalue weighted by Crippen LogP contribution is -2.17. The number of benzene rings is 1. The summed E-state index contributed by atoms with van der Waals surface area (Å²) in [5.74, 6) is -3.41. The van der Waals surface area contributed by atoms with E-state index in [1.54, 1.807) is 29.5 Å².